The number of nitrogens with zero attached hydrogens (tertiary/aromatic N) is 2. The molecular weight excluding hydrogens is 541 g/mol. The molecule has 3 N–H and O–H groups in total. The van der Waals surface area contributed by atoms with E-state index >= 15 is 0 Å². The highest BCUT2D eigenvalue weighted by atomic mass is 127. The fourth-order valence-electron chi connectivity index (χ4n) is 2.83. The zero-order valence-electron chi connectivity index (χ0n) is 19.2. The highest BCUT2D eigenvalue weighted by Gasteiger charge is 2.20. The molecule has 1 unspecified atom stereocenters. The molecule has 0 spiro atoms. The summed E-state index contributed by atoms with van der Waals surface area (Å²) >= 11 is 1.34. The number of hydrogen-bond donors (Lipinski definition) is 3. The van der Waals surface area contributed by atoms with Crippen LogP contribution in [0.5, 0.6) is 0 Å². The van der Waals surface area contributed by atoms with Gasteiger partial charge in [0.15, 0.2) is 5.96 Å². The van der Waals surface area contributed by atoms with Crippen LogP contribution in [0, 0.1) is 6.92 Å². The van der Waals surface area contributed by atoms with Crippen LogP contribution in [0.4, 0.5) is 5.69 Å². The molecule has 0 aliphatic heterocycles. The number of anilines is 1. The van der Waals surface area contributed by atoms with E-state index in [2.05, 4.69) is 25.9 Å². The Morgan fingerprint density at radius 2 is 1.91 bits per heavy atom. The summed E-state index contributed by atoms with van der Waals surface area (Å²) in [5.74, 6) is 0.272. The summed E-state index contributed by atoms with van der Waals surface area (Å²) in [5, 5.41) is 10.2. The second-order valence-electron chi connectivity index (χ2n) is 6.94. The van der Waals surface area contributed by atoms with Crippen LogP contribution in [-0.2, 0) is 16.0 Å². The van der Waals surface area contributed by atoms with E-state index in [1.54, 1.807) is 6.92 Å². The maximum absolute atomic E-state index is 12.0. The van der Waals surface area contributed by atoms with E-state index in [0.29, 0.717) is 29.7 Å². The van der Waals surface area contributed by atoms with Crippen LogP contribution in [0.2, 0.25) is 0 Å². The van der Waals surface area contributed by atoms with Gasteiger partial charge in [0.05, 0.1) is 18.3 Å². The Kier molecular flexibility index (Phi) is 12.2. The lowest BCUT2D eigenvalue weighted by atomic mass is 10.1. The number of aliphatic imine (C=N–C) groups is 1. The van der Waals surface area contributed by atoms with Crippen molar-refractivity contribution in [2.45, 2.75) is 47.1 Å². The van der Waals surface area contributed by atoms with E-state index in [1.165, 1.54) is 18.3 Å². The van der Waals surface area contributed by atoms with Gasteiger partial charge in [-0.25, -0.2) is 9.78 Å². The number of esters is 1. The summed E-state index contributed by atoms with van der Waals surface area (Å²) in [6, 6.07) is 7.63. The lowest BCUT2D eigenvalue weighted by molar-refractivity contribution is -0.114. The zero-order chi connectivity index (χ0) is 22.8. The van der Waals surface area contributed by atoms with Crippen molar-refractivity contribution in [1.82, 2.24) is 15.6 Å². The normalized spacial score (nSPS) is 11.8. The maximum Gasteiger partial charge on any atom is 0.350 e. The van der Waals surface area contributed by atoms with Crippen molar-refractivity contribution < 1.29 is 14.3 Å². The number of aromatic nitrogens is 1. The highest BCUT2D eigenvalue weighted by Crippen LogP contribution is 2.24. The number of aryl methyl sites for hydroxylation is 1. The topological polar surface area (TPSA) is 105 Å². The van der Waals surface area contributed by atoms with Crippen LogP contribution < -0.4 is 16.0 Å². The molecule has 0 aliphatic carbocycles. The molecule has 1 aromatic carbocycles. The van der Waals surface area contributed by atoms with Gasteiger partial charge in [-0.15, -0.1) is 35.3 Å². The molecule has 1 aromatic heterocycles. The van der Waals surface area contributed by atoms with Crippen molar-refractivity contribution in [3.05, 3.63) is 45.4 Å². The van der Waals surface area contributed by atoms with Crippen LogP contribution >= 0.6 is 35.3 Å². The second-order valence-corrected chi connectivity index (χ2v) is 7.97. The molecule has 32 heavy (non-hydrogen) atoms. The van der Waals surface area contributed by atoms with Crippen molar-refractivity contribution in [1.29, 1.82) is 0 Å². The SMILES string of the molecule is CCNC(=NCCc1ccc(NC(C)=O)cc1)NC(C)c1nc(C)c(C(=O)OCC)s1.I. The molecule has 1 atom stereocenters. The number of halogens is 1. The Bertz CT molecular complexity index is 915. The summed E-state index contributed by atoms with van der Waals surface area (Å²) in [6.45, 7) is 10.8. The van der Waals surface area contributed by atoms with E-state index in [0.717, 1.165) is 29.2 Å². The molecule has 1 amide bonds. The summed E-state index contributed by atoms with van der Waals surface area (Å²) < 4.78 is 5.10. The van der Waals surface area contributed by atoms with E-state index in [1.807, 2.05) is 45.0 Å². The molecule has 0 aliphatic rings. The minimum absolute atomic E-state index is 0. The Morgan fingerprint density at radius 1 is 1.22 bits per heavy atom. The largest absolute Gasteiger partial charge is 0.462 e. The van der Waals surface area contributed by atoms with Crippen molar-refractivity contribution in [2.75, 3.05) is 25.0 Å². The molecule has 0 saturated heterocycles. The van der Waals surface area contributed by atoms with E-state index in [-0.39, 0.29) is 41.9 Å². The van der Waals surface area contributed by atoms with Crippen LogP contribution in [-0.4, -0.2) is 42.5 Å². The quantitative estimate of drug-likeness (QED) is 0.181. The number of benzene rings is 1. The Balaban J connectivity index is 0.00000512. The number of nitrogens with one attached hydrogen (secondary N) is 3. The molecular formula is C22H32IN5O3S. The number of carbonyl (C=O) groups is 2. The van der Waals surface area contributed by atoms with E-state index in [4.69, 9.17) is 4.74 Å². The van der Waals surface area contributed by atoms with Gasteiger partial charge in [-0.2, -0.15) is 0 Å². The van der Waals surface area contributed by atoms with Crippen molar-refractivity contribution in [3.63, 3.8) is 0 Å². The summed E-state index contributed by atoms with van der Waals surface area (Å²) in [7, 11) is 0. The van der Waals surface area contributed by atoms with Gasteiger partial charge in [-0.3, -0.25) is 9.79 Å². The first-order chi connectivity index (χ1) is 14.8. The summed E-state index contributed by atoms with van der Waals surface area (Å²) in [6.07, 6.45) is 0.772. The molecule has 176 valence electrons. The van der Waals surface area contributed by atoms with Crippen LogP contribution in [0.25, 0.3) is 0 Å². The standard InChI is InChI=1S/C22H31N5O3S.HI/c1-6-23-22(24-13-12-17-8-10-18(11-9-17)27-16(5)28)26-15(4)20-25-14(3)19(31-20)21(29)30-7-2;/h8-11,15H,6-7,12-13H2,1-5H3,(H,27,28)(H2,23,24,26);1H. The lowest BCUT2D eigenvalue weighted by Gasteiger charge is -2.16. The number of thiazole rings is 1. The number of amides is 1. The average Bonchev–Trinajstić information content (AvgIpc) is 3.11. The average molecular weight is 574 g/mol. The molecule has 0 bridgehead atoms. The fraction of sp³-hybridized carbons (Fsp3) is 0.455. The van der Waals surface area contributed by atoms with Crippen LogP contribution in [0.3, 0.4) is 0 Å². The van der Waals surface area contributed by atoms with E-state index < -0.39 is 0 Å². The van der Waals surface area contributed by atoms with Gasteiger partial charge in [0.2, 0.25) is 5.91 Å². The first kappa shape index (κ1) is 27.8. The molecule has 0 saturated carbocycles. The molecule has 1 heterocycles. The molecule has 10 heteroatoms. The van der Waals surface area contributed by atoms with Gasteiger partial charge in [-0.1, -0.05) is 12.1 Å². The molecule has 8 nitrogen and oxygen atoms in total. The fourth-order valence-corrected chi connectivity index (χ4v) is 3.79. The lowest BCUT2D eigenvalue weighted by Crippen LogP contribution is -2.38. The minimum atomic E-state index is -0.332. The van der Waals surface area contributed by atoms with Crippen molar-refractivity contribution >= 4 is 58.8 Å². The van der Waals surface area contributed by atoms with Gasteiger partial charge in [-0.05, 0) is 51.8 Å². The summed E-state index contributed by atoms with van der Waals surface area (Å²) in [4.78, 5) is 32.9. The van der Waals surface area contributed by atoms with E-state index in [9.17, 15) is 9.59 Å². The summed E-state index contributed by atoms with van der Waals surface area (Å²) in [5.41, 5.74) is 2.60. The molecule has 0 radical (unpaired) electrons. The minimum Gasteiger partial charge on any atom is -0.462 e. The third-order valence-corrected chi connectivity index (χ3v) is 5.61. The van der Waals surface area contributed by atoms with Gasteiger partial charge in [0.25, 0.3) is 0 Å². The first-order valence-corrected chi connectivity index (χ1v) is 11.2. The predicted octanol–water partition coefficient (Wildman–Crippen LogP) is 4.06. The third-order valence-electron chi connectivity index (χ3n) is 4.29. The Hall–Kier alpha value is -2.21. The molecule has 2 aromatic rings. The van der Waals surface area contributed by atoms with Gasteiger partial charge < -0.3 is 20.7 Å². The molecule has 0 fully saturated rings. The second kappa shape index (κ2) is 14.0. The van der Waals surface area contributed by atoms with Crippen LogP contribution in [0.15, 0.2) is 29.3 Å². The smallest absolute Gasteiger partial charge is 0.350 e. The Labute approximate surface area is 210 Å². The Morgan fingerprint density at radius 3 is 2.50 bits per heavy atom. The molecule has 2 rings (SSSR count). The number of rotatable bonds is 9. The van der Waals surface area contributed by atoms with Gasteiger partial charge in [0, 0.05) is 25.7 Å². The number of guanidine groups is 1. The third kappa shape index (κ3) is 8.73. The highest BCUT2D eigenvalue weighted by molar-refractivity contribution is 14.0. The predicted molar refractivity (Wildman–Crippen MR) is 140 cm³/mol. The van der Waals surface area contributed by atoms with Gasteiger partial charge >= 0.3 is 5.97 Å². The van der Waals surface area contributed by atoms with Crippen LogP contribution in [0.1, 0.15) is 59.7 Å². The van der Waals surface area contributed by atoms with Crippen molar-refractivity contribution in [2.24, 2.45) is 4.99 Å². The van der Waals surface area contributed by atoms with Crippen molar-refractivity contribution in [3.8, 4) is 0 Å². The first-order valence-electron chi connectivity index (χ1n) is 10.4. The maximum atomic E-state index is 12.0. The zero-order valence-corrected chi connectivity index (χ0v) is 22.3. The van der Waals surface area contributed by atoms with Gasteiger partial charge in [0.1, 0.15) is 9.88 Å². The number of carbonyl (C=O) groups excluding carboxylic acids is 2. The number of hydrogen-bond acceptors (Lipinski definition) is 6. The monoisotopic (exact) mass is 573 g/mol. The number of ether oxygens (including phenoxy) is 1.